The lowest BCUT2D eigenvalue weighted by Gasteiger charge is -2.13. The summed E-state index contributed by atoms with van der Waals surface area (Å²) in [5, 5.41) is 7.10. The summed E-state index contributed by atoms with van der Waals surface area (Å²) in [4.78, 5) is 11.2. The zero-order chi connectivity index (χ0) is 11.5. The van der Waals surface area contributed by atoms with Crippen molar-refractivity contribution in [3.8, 4) is 0 Å². The number of aromatic nitrogens is 2. The average molecular weight is 216 g/mol. The zero-order valence-electron chi connectivity index (χ0n) is 8.91. The van der Waals surface area contributed by atoms with E-state index in [-0.39, 0.29) is 18.4 Å². The van der Waals surface area contributed by atoms with Crippen LogP contribution in [0.1, 0.15) is 37.3 Å². The summed E-state index contributed by atoms with van der Waals surface area (Å²) in [5.74, 6) is -0.840. The summed E-state index contributed by atoms with van der Waals surface area (Å²) in [6.07, 6.45) is 0. The minimum absolute atomic E-state index is 0.0908. The molecule has 0 aromatic carbocycles. The van der Waals surface area contributed by atoms with Gasteiger partial charge in [-0.3, -0.25) is 0 Å². The predicted octanol–water partition coefficient (Wildman–Crippen LogP) is 1.49. The van der Waals surface area contributed by atoms with Gasteiger partial charge in [-0.05, 0) is 20.8 Å². The van der Waals surface area contributed by atoms with Gasteiger partial charge in [0.25, 0.3) is 0 Å². The predicted molar refractivity (Wildman–Crippen MR) is 49.3 cm³/mol. The van der Waals surface area contributed by atoms with Crippen LogP contribution in [0.4, 0.5) is 4.39 Å². The number of hydrogen-bond acceptors (Lipinski definition) is 5. The standard InChI is InChI=1S/C9H13FN2O3/c1-4-14-7(13)6-11-12-8(15-6)9(2,3)5-10/h4-5H2,1-3H3. The maximum absolute atomic E-state index is 12.6. The highest BCUT2D eigenvalue weighted by Gasteiger charge is 2.29. The lowest BCUT2D eigenvalue weighted by atomic mass is 9.96. The third kappa shape index (κ3) is 2.51. The van der Waals surface area contributed by atoms with E-state index in [4.69, 9.17) is 4.42 Å². The summed E-state index contributed by atoms with van der Waals surface area (Å²) in [5.41, 5.74) is -0.877. The van der Waals surface area contributed by atoms with Crippen LogP contribution in [0.5, 0.6) is 0 Å². The first-order valence-electron chi connectivity index (χ1n) is 4.58. The van der Waals surface area contributed by atoms with Crippen LogP contribution >= 0.6 is 0 Å². The van der Waals surface area contributed by atoms with Gasteiger partial charge in [0.15, 0.2) is 0 Å². The Kier molecular flexibility index (Phi) is 3.39. The van der Waals surface area contributed by atoms with Gasteiger partial charge in [-0.25, -0.2) is 9.18 Å². The highest BCUT2D eigenvalue weighted by molar-refractivity contribution is 5.83. The molecule has 1 rings (SSSR count). The van der Waals surface area contributed by atoms with E-state index in [9.17, 15) is 9.18 Å². The van der Waals surface area contributed by atoms with Crippen molar-refractivity contribution in [2.45, 2.75) is 26.2 Å². The Hall–Kier alpha value is -1.46. The Balaban J connectivity index is 2.85. The van der Waals surface area contributed by atoms with Crippen LogP contribution in [-0.2, 0) is 10.2 Å². The number of ether oxygens (including phenoxy) is 1. The van der Waals surface area contributed by atoms with E-state index in [1.54, 1.807) is 20.8 Å². The van der Waals surface area contributed by atoms with E-state index in [2.05, 4.69) is 14.9 Å². The number of halogens is 1. The molecule has 84 valence electrons. The third-order valence-electron chi connectivity index (χ3n) is 1.79. The van der Waals surface area contributed by atoms with E-state index < -0.39 is 18.1 Å². The van der Waals surface area contributed by atoms with Crippen molar-refractivity contribution < 1.29 is 18.3 Å². The molecule has 0 unspecified atom stereocenters. The maximum atomic E-state index is 12.6. The van der Waals surface area contributed by atoms with Gasteiger partial charge in [0, 0.05) is 0 Å². The number of hydrogen-bond donors (Lipinski definition) is 0. The second-order valence-electron chi connectivity index (χ2n) is 3.65. The number of carbonyl (C=O) groups excluding carboxylic acids is 1. The molecule has 0 saturated heterocycles. The molecule has 0 amide bonds. The monoisotopic (exact) mass is 216 g/mol. The van der Waals surface area contributed by atoms with E-state index in [1.165, 1.54) is 0 Å². The first kappa shape index (κ1) is 11.6. The second-order valence-corrected chi connectivity index (χ2v) is 3.65. The van der Waals surface area contributed by atoms with Crippen molar-refractivity contribution in [2.24, 2.45) is 0 Å². The van der Waals surface area contributed by atoms with E-state index in [1.807, 2.05) is 0 Å². The van der Waals surface area contributed by atoms with Crippen molar-refractivity contribution in [3.63, 3.8) is 0 Å². The molecule has 1 heterocycles. The van der Waals surface area contributed by atoms with Gasteiger partial charge in [-0.15, -0.1) is 10.2 Å². The molecule has 0 saturated carbocycles. The van der Waals surface area contributed by atoms with Gasteiger partial charge in [0.2, 0.25) is 5.89 Å². The molecule has 0 N–H and O–H groups in total. The lowest BCUT2D eigenvalue weighted by molar-refractivity contribution is 0.0476. The topological polar surface area (TPSA) is 65.2 Å². The maximum Gasteiger partial charge on any atom is 0.396 e. The number of rotatable bonds is 4. The first-order chi connectivity index (χ1) is 7.01. The van der Waals surface area contributed by atoms with E-state index in [0.717, 1.165) is 0 Å². The molecule has 0 spiro atoms. The number of alkyl halides is 1. The number of nitrogens with zero attached hydrogens (tertiary/aromatic N) is 2. The van der Waals surface area contributed by atoms with Crippen LogP contribution in [0, 0.1) is 0 Å². The molecule has 0 aliphatic rings. The fraction of sp³-hybridized carbons (Fsp3) is 0.667. The highest BCUT2D eigenvalue weighted by Crippen LogP contribution is 2.22. The van der Waals surface area contributed by atoms with Gasteiger partial charge in [-0.1, -0.05) is 0 Å². The Morgan fingerprint density at radius 2 is 2.20 bits per heavy atom. The molecule has 0 aliphatic heterocycles. The van der Waals surface area contributed by atoms with E-state index in [0.29, 0.717) is 0 Å². The van der Waals surface area contributed by atoms with Crippen LogP contribution in [0.25, 0.3) is 0 Å². The normalized spacial score (nSPS) is 11.5. The van der Waals surface area contributed by atoms with Gasteiger partial charge in [0.1, 0.15) is 6.67 Å². The average Bonchev–Trinajstić information content (AvgIpc) is 2.67. The molecule has 1 aromatic heterocycles. The van der Waals surface area contributed by atoms with Crippen LogP contribution in [0.2, 0.25) is 0 Å². The number of esters is 1. The van der Waals surface area contributed by atoms with Crippen LogP contribution < -0.4 is 0 Å². The molecule has 1 aromatic rings. The fourth-order valence-electron chi connectivity index (χ4n) is 0.829. The molecule has 15 heavy (non-hydrogen) atoms. The first-order valence-corrected chi connectivity index (χ1v) is 4.58. The third-order valence-corrected chi connectivity index (χ3v) is 1.79. The molecule has 0 fully saturated rings. The fourth-order valence-corrected chi connectivity index (χ4v) is 0.829. The summed E-state index contributed by atoms with van der Waals surface area (Å²) in [6, 6.07) is 0. The second kappa shape index (κ2) is 4.37. The zero-order valence-corrected chi connectivity index (χ0v) is 8.91. The SMILES string of the molecule is CCOC(=O)c1nnc(C(C)(C)CF)o1. The molecule has 0 radical (unpaired) electrons. The molecule has 5 nitrogen and oxygen atoms in total. The quantitative estimate of drug-likeness (QED) is 0.713. The van der Waals surface area contributed by atoms with Gasteiger partial charge < -0.3 is 9.15 Å². The molecular weight excluding hydrogens is 203 g/mol. The van der Waals surface area contributed by atoms with Crippen LogP contribution in [0.15, 0.2) is 4.42 Å². The van der Waals surface area contributed by atoms with Gasteiger partial charge in [-0.2, -0.15) is 0 Å². The summed E-state index contributed by atoms with van der Waals surface area (Å²) >= 11 is 0. The van der Waals surface area contributed by atoms with Gasteiger partial charge >= 0.3 is 11.9 Å². The van der Waals surface area contributed by atoms with Crippen molar-refractivity contribution in [3.05, 3.63) is 11.8 Å². The summed E-state index contributed by atoms with van der Waals surface area (Å²) in [7, 11) is 0. The number of carbonyl (C=O) groups is 1. The minimum atomic E-state index is -0.877. The van der Waals surface area contributed by atoms with Gasteiger partial charge in [0.05, 0.1) is 12.0 Å². The van der Waals surface area contributed by atoms with E-state index >= 15 is 0 Å². The molecular formula is C9H13FN2O3. The summed E-state index contributed by atoms with van der Waals surface area (Å²) < 4.78 is 22.2. The molecule has 0 bridgehead atoms. The Morgan fingerprint density at radius 3 is 2.73 bits per heavy atom. The Bertz CT molecular complexity index is 349. The Morgan fingerprint density at radius 1 is 1.53 bits per heavy atom. The minimum Gasteiger partial charge on any atom is -0.459 e. The summed E-state index contributed by atoms with van der Waals surface area (Å²) in [6.45, 7) is 4.46. The molecule has 6 heteroatoms. The highest BCUT2D eigenvalue weighted by atomic mass is 19.1. The van der Waals surface area contributed by atoms with Crippen molar-refractivity contribution in [1.82, 2.24) is 10.2 Å². The van der Waals surface area contributed by atoms with Crippen molar-refractivity contribution in [2.75, 3.05) is 13.3 Å². The smallest absolute Gasteiger partial charge is 0.396 e. The molecule has 0 aliphatic carbocycles. The van der Waals surface area contributed by atoms with Crippen LogP contribution in [0.3, 0.4) is 0 Å². The largest absolute Gasteiger partial charge is 0.459 e. The van der Waals surface area contributed by atoms with Crippen molar-refractivity contribution in [1.29, 1.82) is 0 Å². The lowest BCUT2D eigenvalue weighted by Crippen LogP contribution is -2.20. The Labute approximate surface area is 86.6 Å². The molecule has 0 atom stereocenters. The van der Waals surface area contributed by atoms with Crippen LogP contribution in [-0.4, -0.2) is 29.4 Å². The van der Waals surface area contributed by atoms with Crippen molar-refractivity contribution >= 4 is 5.97 Å².